The van der Waals surface area contributed by atoms with Crippen molar-refractivity contribution in [2.75, 3.05) is 10.6 Å². The summed E-state index contributed by atoms with van der Waals surface area (Å²) in [6, 6.07) is 14.2. The van der Waals surface area contributed by atoms with E-state index in [1.165, 1.54) is 17.7 Å². The second-order valence-electron chi connectivity index (χ2n) is 7.92. The van der Waals surface area contributed by atoms with Crippen LogP contribution < -0.4 is 10.6 Å². The number of allylic oxidation sites excluding steroid dienone is 1. The molecule has 0 spiro atoms. The summed E-state index contributed by atoms with van der Waals surface area (Å²) in [7, 11) is 0. The first-order valence-electron chi connectivity index (χ1n) is 9.97. The quantitative estimate of drug-likeness (QED) is 0.642. The summed E-state index contributed by atoms with van der Waals surface area (Å²) < 4.78 is 15.2. The number of halogens is 1. The van der Waals surface area contributed by atoms with Crippen molar-refractivity contribution in [3.8, 4) is 0 Å². The Kier molecular flexibility index (Phi) is 5.35. The van der Waals surface area contributed by atoms with Crippen molar-refractivity contribution in [2.45, 2.75) is 33.2 Å². The minimum atomic E-state index is -0.295. The number of benzene rings is 2. The second-order valence-corrected chi connectivity index (χ2v) is 7.92. The molecule has 0 bridgehead atoms. The van der Waals surface area contributed by atoms with Gasteiger partial charge in [0.05, 0.1) is 0 Å². The van der Waals surface area contributed by atoms with Crippen LogP contribution in [0.4, 0.5) is 16.3 Å². The molecule has 0 aliphatic carbocycles. The van der Waals surface area contributed by atoms with Gasteiger partial charge in [-0.1, -0.05) is 55.8 Å². The highest BCUT2D eigenvalue weighted by atomic mass is 19.1. The summed E-state index contributed by atoms with van der Waals surface area (Å²) in [4.78, 5) is 16.6. The molecule has 1 atom stereocenters. The summed E-state index contributed by atoms with van der Waals surface area (Å²) in [6.45, 7) is 6.00. The van der Waals surface area contributed by atoms with Gasteiger partial charge in [-0.15, -0.1) is 5.10 Å². The van der Waals surface area contributed by atoms with Gasteiger partial charge in [0.25, 0.3) is 5.95 Å². The number of rotatable bonds is 5. The van der Waals surface area contributed by atoms with Gasteiger partial charge in [0.2, 0.25) is 11.9 Å². The molecule has 0 radical (unpaired) electrons. The van der Waals surface area contributed by atoms with Gasteiger partial charge in [-0.05, 0) is 42.2 Å². The SMILES string of the molecule is Cc1ccc(C2=C[C@H](c3ccc(F)cc3)n3nc(NC(=O)CC(C)C)nc3N2)cc1. The average Bonchev–Trinajstić information content (AvgIpc) is 3.10. The van der Waals surface area contributed by atoms with Gasteiger partial charge in [-0.25, -0.2) is 9.07 Å². The Labute approximate surface area is 174 Å². The summed E-state index contributed by atoms with van der Waals surface area (Å²) >= 11 is 0. The van der Waals surface area contributed by atoms with Crippen molar-refractivity contribution in [1.29, 1.82) is 0 Å². The minimum absolute atomic E-state index is 0.127. The maximum Gasteiger partial charge on any atom is 0.250 e. The predicted molar refractivity (Wildman–Crippen MR) is 115 cm³/mol. The van der Waals surface area contributed by atoms with Gasteiger partial charge in [-0.2, -0.15) is 4.98 Å². The molecule has 1 aliphatic heterocycles. The molecule has 0 fully saturated rings. The minimum Gasteiger partial charge on any atom is -0.324 e. The van der Waals surface area contributed by atoms with E-state index in [1.54, 1.807) is 16.8 Å². The van der Waals surface area contributed by atoms with Crippen LogP contribution in [0.3, 0.4) is 0 Å². The number of amides is 1. The number of aryl methyl sites for hydroxylation is 1. The zero-order valence-corrected chi connectivity index (χ0v) is 17.2. The number of hydrogen-bond donors (Lipinski definition) is 2. The molecule has 30 heavy (non-hydrogen) atoms. The molecule has 4 rings (SSSR count). The van der Waals surface area contributed by atoms with Gasteiger partial charge < -0.3 is 5.32 Å². The van der Waals surface area contributed by atoms with E-state index >= 15 is 0 Å². The van der Waals surface area contributed by atoms with Gasteiger partial charge in [0.1, 0.15) is 11.9 Å². The topological polar surface area (TPSA) is 71.8 Å². The standard InChI is InChI=1S/C23H24FN5O/c1-14(2)12-21(30)26-22-27-23-25-19(16-6-4-15(3)5-7-16)13-20(29(23)28-22)17-8-10-18(24)11-9-17/h4-11,13-14,20H,12H2,1-3H3,(H2,25,26,27,28,30)/t20-/m1/s1. The Balaban J connectivity index is 1.71. The number of anilines is 2. The Hall–Kier alpha value is -3.48. The summed E-state index contributed by atoms with van der Waals surface area (Å²) in [5, 5.41) is 10.6. The molecule has 1 aromatic heterocycles. The molecule has 0 unspecified atom stereocenters. The van der Waals surface area contributed by atoms with Crippen molar-refractivity contribution in [3.05, 3.63) is 77.1 Å². The molecule has 6 nitrogen and oxygen atoms in total. The van der Waals surface area contributed by atoms with E-state index in [0.717, 1.165) is 16.8 Å². The Morgan fingerprint density at radius 1 is 1.17 bits per heavy atom. The highest BCUT2D eigenvalue weighted by Gasteiger charge is 2.26. The second kappa shape index (κ2) is 8.10. The van der Waals surface area contributed by atoms with E-state index in [2.05, 4.69) is 20.7 Å². The molecule has 1 amide bonds. The zero-order chi connectivity index (χ0) is 21.3. The first-order chi connectivity index (χ1) is 14.4. The summed E-state index contributed by atoms with van der Waals surface area (Å²) in [6.07, 6.45) is 2.42. The Morgan fingerprint density at radius 2 is 1.87 bits per heavy atom. The van der Waals surface area contributed by atoms with Crippen LogP contribution in [0.1, 0.15) is 43.0 Å². The third-order valence-electron chi connectivity index (χ3n) is 4.88. The Morgan fingerprint density at radius 3 is 2.53 bits per heavy atom. The highest BCUT2D eigenvalue weighted by Crippen LogP contribution is 2.33. The maximum absolute atomic E-state index is 13.5. The molecular formula is C23H24FN5O. The van der Waals surface area contributed by atoms with Crippen LogP contribution in [0.2, 0.25) is 0 Å². The highest BCUT2D eigenvalue weighted by molar-refractivity contribution is 5.89. The molecule has 2 heterocycles. The average molecular weight is 405 g/mol. The first kappa shape index (κ1) is 19.8. The van der Waals surface area contributed by atoms with Crippen LogP contribution in [-0.2, 0) is 4.79 Å². The predicted octanol–water partition coefficient (Wildman–Crippen LogP) is 4.77. The van der Waals surface area contributed by atoms with Crippen molar-refractivity contribution in [3.63, 3.8) is 0 Å². The number of carbonyl (C=O) groups excluding carboxylic acids is 1. The zero-order valence-electron chi connectivity index (χ0n) is 17.2. The number of nitrogens with zero attached hydrogens (tertiary/aromatic N) is 3. The molecule has 3 aromatic rings. The molecule has 154 valence electrons. The molecule has 1 aliphatic rings. The van der Waals surface area contributed by atoms with Crippen molar-refractivity contribution < 1.29 is 9.18 Å². The van der Waals surface area contributed by atoms with Gasteiger partial charge >= 0.3 is 0 Å². The number of carbonyl (C=O) groups is 1. The van der Waals surface area contributed by atoms with Gasteiger partial charge in [0, 0.05) is 12.1 Å². The number of nitrogens with one attached hydrogen (secondary N) is 2. The van der Waals surface area contributed by atoms with Crippen molar-refractivity contribution >= 4 is 23.5 Å². The summed E-state index contributed by atoms with van der Waals surface area (Å²) in [5.41, 5.74) is 3.92. The molecule has 0 saturated heterocycles. The largest absolute Gasteiger partial charge is 0.324 e. The lowest BCUT2D eigenvalue weighted by atomic mass is 10.0. The fourth-order valence-corrected chi connectivity index (χ4v) is 3.39. The Bertz CT molecular complexity index is 1080. The fourth-order valence-electron chi connectivity index (χ4n) is 3.39. The first-order valence-corrected chi connectivity index (χ1v) is 9.97. The van der Waals surface area contributed by atoms with E-state index in [0.29, 0.717) is 12.4 Å². The summed E-state index contributed by atoms with van der Waals surface area (Å²) in [5.74, 6) is 0.576. The van der Waals surface area contributed by atoms with Gasteiger partial charge in [-0.3, -0.25) is 10.1 Å². The van der Waals surface area contributed by atoms with Crippen LogP contribution >= 0.6 is 0 Å². The molecule has 7 heteroatoms. The lowest BCUT2D eigenvalue weighted by molar-refractivity contribution is -0.116. The number of fused-ring (bicyclic) bond motifs is 1. The van der Waals surface area contributed by atoms with E-state index < -0.39 is 0 Å². The van der Waals surface area contributed by atoms with E-state index in [4.69, 9.17) is 0 Å². The van der Waals surface area contributed by atoms with Crippen LogP contribution in [0.25, 0.3) is 5.70 Å². The van der Waals surface area contributed by atoms with E-state index in [-0.39, 0.29) is 29.6 Å². The van der Waals surface area contributed by atoms with Crippen LogP contribution in [0, 0.1) is 18.7 Å². The van der Waals surface area contributed by atoms with E-state index in [1.807, 2.05) is 51.1 Å². The number of aromatic nitrogens is 3. The third kappa shape index (κ3) is 4.25. The van der Waals surface area contributed by atoms with Crippen LogP contribution in [-0.4, -0.2) is 20.7 Å². The van der Waals surface area contributed by atoms with Crippen molar-refractivity contribution in [2.24, 2.45) is 5.92 Å². The van der Waals surface area contributed by atoms with Gasteiger partial charge in [0.15, 0.2) is 0 Å². The lowest BCUT2D eigenvalue weighted by Crippen LogP contribution is -2.20. The fraction of sp³-hybridized carbons (Fsp3) is 0.261. The van der Waals surface area contributed by atoms with E-state index in [9.17, 15) is 9.18 Å². The monoisotopic (exact) mass is 405 g/mol. The molecule has 2 aromatic carbocycles. The maximum atomic E-state index is 13.5. The molecule has 2 N–H and O–H groups in total. The van der Waals surface area contributed by atoms with Crippen LogP contribution in [0.5, 0.6) is 0 Å². The third-order valence-corrected chi connectivity index (χ3v) is 4.88. The van der Waals surface area contributed by atoms with Crippen molar-refractivity contribution in [1.82, 2.24) is 14.8 Å². The lowest BCUT2D eigenvalue weighted by Gasteiger charge is -2.24. The molecule has 0 saturated carbocycles. The molecular weight excluding hydrogens is 381 g/mol. The van der Waals surface area contributed by atoms with Crippen LogP contribution in [0.15, 0.2) is 54.6 Å². The number of hydrogen-bond acceptors (Lipinski definition) is 4. The normalized spacial score (nSPS) is 15.4. The smallest absolute Gasteiger partial charge is 0.250 e.